The molecule has 1 aliphatic heterocycles. The molecule has 0 saturated carbocycles. The summed E-state index contributed by atoms with van der Waals surface area (Å²) in [7, 11) is 0. The van der Waals surface area contributed by atoms with Gasteiger partial charge < -0.3 is 20.9 Å². The van der Waals surface area contributed by atoms with Crippen molar-refractivity contribution < 1.29 is 9.59 Å². The molecule has 32 heavy (non-hydrogen) atoms. The molecule has 1 unspecified atom stereocenters. The van der Waals surface area contributed by atoms with Crippen molar-refractivity contribution >= 4 is 17.6 Å². The first-order valence-electron chi connectivity index (χ1n) is 11.4. The first-order valence-corrected chi connectivity index (χ1v) is 11.4. The number of anilines is 1. The van der Waals surface area contributed by atoms with Gasteiger partial charge in [0, 0.05) is 51.9 Å². The fraction of sp³-hybridized carbons (Fsp3) is 0.440. The summed E-state index contributed by atoms with van der Waals surface area (Å²) in [5.74, 6) is -0.113. The zero-order chi connectivity index (χ0) is 22.8. The lowest BCUT2D eigenvalue weighted by molar-refractivity contribution is -0.114. The number of piperazine rings is 1. The standard InChI is InChI=1S/C25H35N5O2/c1-20(23-10-6-11-24(18-23)28-21(2)31)27-25(32)26-12-7-13-29-14-16-30(17-15-29)19-22-8-4-3-5-9-22/h3-6,8-11,18,20H,7,12-17,19H2,1-2H3,(H,28,31)(H2,26,27,32). The number of benzene rings is 2. The average Bonchev–Trinajstić information content (AvgIpc) is 2.78. The van der Waals surface area contributed by atoms with Gasteiger partial charge in [0.25, 0.3) is 0 Å². The summed E-state index contributed by atoms with van der Waals surface area (Å²) in [6.45, 7) is 10.4. The predicted molar refractivity (Wildman–Crippen MR) is 128 cm³/mol. The summed E-state index contributed by atoms with van der Waals surface area (Å²) in [5, 5.41) is 8.68. The topological polar surface area (TPSA) is 76.7 Å². The van der Waals surface area contributed by atoms with E-state index >= 15 is 0 Å². The van der Waals surface area contributed by atoms with E-state index in [1.54, 1.807) is 0 Å². The van der Waals surface area contributed by atoms with Gasteiger partial charge in [0.1, 0.15) is 0 Å². The van der Waals surface area contributed by atoms with Crippen LogP contribution in [0.5, 0.6) is 0 Å². The fourth-order valence-electron chi connectivity index (χ4n) is 3.94. The molecule has 0 spiro atoms. The Morgan fingerprint density at radius 1 is 0.969 bits per heavy atom. The van der Waals surface area contributed by atoms with E-state index in [0.717, 1.165) is 56.9 Å². The highest BCUT2D eigenvalue weighted by Crippen LogP contribution is 2.17. The number of urea groups is 1. The summed E-state index contributed by atoms with van der Waals surface area (Å²) in [5.41, 5.74) is 3.04. The number of hydrogen-bond donors (Lipinski definition) is 3. The van der Waals surface area contributed by atoms with Crippen LogP contribution in [0.25, 0.3) is 0 Å². The van der Waals surface area contributed by atoms with Gasteiger partial charge in [-0.3, -0.25) is 9.69 Å². The van der Waals surface area contributed by atoms with Gasteiger partial charge >= 0.3 is 6.03 Å². The van der Waals surface area contributed by atoms with Gasteiger partial charge in [-0.15, -0.1) is 0 Å². The van der Waals surface area contributed by atoms with E-state index < -0.39 is 0 Å². The predicted octanol–water partition coefficient (Wildman–Crippen LogP) is 3.21. The number of amides is 3. The smallest absolute Gasteiger partial charge is 0.315 e. The molecule has 172 valence electrons. The molecule has 0 aliphatic carbocycles. The van der Waals surface area contributed by atoms with E-state index in [1.807, 2.05) is 31.2 Å². The van der Waals surface area contributed by atoms with Crippen molar-refractivity contribution in [3.8, 4) is 0 Å². The van der Waals surface area contributed by atoms with Crippen LogP contribution in [0.4, 0.5) is 10.5 Å². The summed E-state index contributed by atoms with van der Waals surface area (Å²) in [6.07, 6.45) is 0.929. The second kappa shape index (κ2) is 12.2. The van der Waals surface area contributed by atoms with Gasteiger partial charge in [-0.25, -0.2) is 4.79 Å². The molecule has 1 aliphatic rings. The van der Waals surface area contributed by atoms with E-state index in [1.165, 1.54) is 12.5 Å². The molecule has 1 atom stereocenters. The van der Waals surface area contributed by atoms with Gasteiger partial charge in [-0.05, 0) is 43.1 Å². The van der Waals surface area contributed by atoms with E-state index in [2.05, 4.69) is 56.1 Å². The third-order valence-electron chi connectivity index (χ3n) is 5.71. The van der Waals surface area contributed by atoms with Crippen molar-refractivity contribution in [2.24, 2.45) is 0 Å². The quantitative estimate of drug-likeness (QED) is 0.527. The first kappa shape index (κ1) is 23.8. The zero-order valence-electron chi connectivity index (χ0n) is 19.1. The number of carbonyl (C=O) groups excluding carboxylic acids is 2. The van der Waals surface area contributed by atoms with Gasteiger partial charge in [0.05, 0.1) is 6.04 Å². The molecule has 3 N–H and O–H groups in total. The number of carbonyl (C=O) groups is 2. The van der Waals surface area contributed by atoms with Crippen molar-refractivity contribution in [1.82, 2.24) is 20.4 Å². The van der Waals surface area contributed by atoms with E-state index in [0.29, 0.717) is 6.54 Å². The maximum absolute atomic E-state index is 12.2. The highest BCUT2D eigenvalue weighted by Gasteiger charge is 2.16. The van der Waals surface area contributed by atoms with E-state index in [4.69, 9.17) is 0 Å². The minimum absolute atomic E-state index is 0.113. The lowest BCUT2D eigenvalue weighted by atomic mass is 10.1. The maximum atomic E-state index is 12.2. The van der Waals surface area contributed by atoms with Gasteiger partial charge in [0.15, 0.2) is 0 Å². The van der Waals surface area contributed by atoms with Crippen LogP contribution in [0, 0.1) is 0 Å². The van der Waals surface area contributed by atoms with E-state index in [-0.39, 0.29) is 18.0 Å². The third kappa shape index (κ3) is 7.98. The number of rotatable bonds is 9. The SMILES string of the molecule is CC(=O)Nc1cccc(C(C)NC(=O)NCCCN2CCN(Cc3ccccc3)CC2)c1. The summed E-state index contributed by atoms with van der Waals surface area (Å²) in [6, 6.07) is 17.8. The van der Waals surface area contributed by atoms with E-state index in [9.17, 15) is 9.59 Å². The molecule has 0 radical (unpaired) electrons. The molecule has 3 rings (SSSR count). The minimum atomic E-state index is -0.171. The van der Waals surface area contributed by atoms with Crippen LogP contribution in [0.3, 0.4) is 0 Å². The molecule has 1 fully saturated rings. The second-order valence-electron chi connectivity index (χ2n) is 8.39. The minimum Gasteiger partial charge on any atom is -0.338 e. The molecule has 1 saturated heterocycles. The molecule has 2 aromatic rings. The average molecular weight is 438 g/mol. The zero-order valence-corrected chi connectivity index (χ0v) is 19.1. The van der Waals surface area contributed by atoms with Crippen molar-refractivity contribution in [2.75, 3.05) is 44.6 Å². The lowest BCUT2D eigenvalue weighted by Crippen LogP contribution is -2.46. The third-order valence-corrected chi connectivity index (χ3v) is 5.71. The van der Waals surface area contributed by atoms with Crippen molar-refractivity contribution in [3.05, 3.63) is 65.7 Å². The van der Waals surface area contributed by atoms with Gasteiger partial charge in [-0.1, -0.05) is 42.5 Å². The number of nitrogens with zero attached hydrogens (tertiary/aromatic N) is 2. The van der Waals surface area contributed by atoms with Crippen LogP contribution < -0.4 is 16.0 Å². The molecule has 2 aromatic carbocycles. The summed E-state index contributed by atoms with van der Waals surface area (Å²) in [4.78, 5) is 28.4. The highest BCUT2D eigenvalue weighted by molar-refractivity contribution is 5.88. The number of nitrogens with one attached hydrogen (secondary N) is 3. The summed E-state index contributed by atoms with van der Waals surface area (Å²) >= 11 is 0. The Hall–Kier alpha value is -2.90. The maximum Gasteiger partial charge on any atom is 0.315 e. The molecular formula is C25H35N5O2. The Labute approximate surface area is 191 Å². The number of hydrogen-bond acceptors (Lipinski definition) is 4. The first-order chi connectivity index (χ1) is 15.5. The largest absolute Gasteiger partial charge is 0.338 e. The van der Waals surface area contributed by atoms with Crippen LogP contribution in [0.15, 0.2) is 54.6 Å². The Morgan fingerprint density at radius 2 is 1.69 bits per heavy atom. The molecule has 0 bridgehead atoms. The van der Waals surface area contributed by atoms with Crippen LogP contribution >= 0.6 is 0 Å². The Kier molecular flexibility index (Phi) is 9.07. The van der Waals surface area contributed by atoms with Crippen LogP contribution in [0.2, 0.25) is 0 Å². The Bertz CT molecular complexity index is 866. The normalized spacial score (nSPS) is 15.7. The molecular weight excluding hydrogens is 402 g/mol. The molecule has 3 amide bonds. The van der Waals surface area contributed by atoms with Crippen molar-refractivity contribution in [2.45, 2.75) is 32.9 Å². The van der Waals surface area contributed by atoms with Crippen LogP contribution in [-0.2, 0) is 11.3 Å². The van der Waals surface area contributed by atoms with Crippen molar-refractivity contribution in [3.63, 3.8) is 0 Å². The van der Waals surface area contributed by atoms with Crippen LogP contribution in [0.1, 0.15) is 37.4 Å². The lowest BCUT2D eigenvalue weighted by Gasteiger charge is -2.34. The van der Waals surface area contributed by atoms with Gasteiger partial charge in [-0.2, -0.15) is 0 Å². The molecule has 1 heterocycles. The Balaban J connectivity index is 1.30. The molecule has 7 nitrogen and oxygen atoms in total. The fourth-order valence-corrected chi connectivity index (χ4v) is 3.94. The highest BCUT2D eigenvalue weighted by atomic mass is 16.2. The monoisotopic (exact) mass is 437 g/mol. The Morgan fingerprint density at radius 3 is 2.41 bits per heavy atom. The van der Waals surface area contributed by atoms with Gasteiger partial charge in [0.2, 0.25) is 5.91 Å². The molecule has 0 aromatic heterocycles. The second-order valence-corrected chi connectivity index (χ2v) is 8.39. The molecule has 7 heteroatoms. The van der Waals surface area contributed by atoms with Crippen LogP contribution in [-0.4, -0.2) is 61.0 Å². The summed E-state index contributed by atoms with van der Waals surface area (Å²) < 4.78 is 0. The van der Waals surface area contributed by atoms with Crippen molar-refractivity contribution in [1.29, 1.82) is 0 Å².